The second-order valence-corrected chi connectivity index (χ2v) is 10.1. The highest BCUT2D eigenvalue weighted by molar-refractivity contribution is 7.89. The highest BCUT2D eigenvalue weighted by Crippen LogP contribution is 2.24. The molecule has 0 spiro atoms. The first-order chi connectivity index (χ1) is 16.8. The van der Waals surface area contributed by atoms with Gasteiger partial charge in [0, 0.05) is 5.69 Å². The van der Waals surface area contributed by atoms with Crippen LogP contribution < -0.4 is 14.8 Å². The third-order valence-corrected chi connectivity index (χ3v) is 7.37. The molecule has 6 nitrogen and oxygen atoms in total. The molecule has 0 aliphatic heterocycles. The van der Waals surface area contributed by atoms with Crippen LogP contribution in [0.5, 0.6) is 5.75 Å². The zero-order valence-corrected chi connectivity index (χ0v) is 21.6. The maximum Gasteiger partial charge on any atom is 0.242 e. The molecule has 35 heavy (non-hydrogen) atoms. The standard InChI is InChI=1S/C28H34N2O4S/c1-5-22-14-11-15-23(6-2)27(22)29-28(31)25(19-21-12-9-8-10-13-21)30-35(32,33)24-16-17-26(34-7-3)20(4)18-24/h8-18,25,30H,5-7,19H2,1-4H3,(H,29,31)/t25-/m0/s1. The van der Waals surface area contributed by atoms with Crippen LogP contribution in [0.25, 0.3) is 0 Å². The van der Waals surface area contributed by atoms with Crippen LogP contribution in [-0.2, 0) is 34.1 Å². The molecule has 3 rings (SSSR count). The number of nitrogens with one attached hydrogen (secondary N) is 2. The van der Waals surface area contributed by atoms with Crippen molar-refractivity contribution in [2.24, 2.45) is 0 Å². The van der Waals surface area contributed by atoms with Crippen LogP contribution in [0.3, 0.4) is 0 Å². The van der Waals surface area contributed by atoms with E-state index >= 15 is 0 Å². The minimum atomic E-state index is -3.97. The van der Waals surface area contributed by atoms with Crippen molar-refractivity contribution in [1.29, 1.82) is 0 Å². The van der Waals surface area contributed by atoms with Crippen molar-refractivity contribution in [2.75, 3.05) is 11.9 Å². The minimum Gasteiger partial charge on any atom is -0.494 e. The van der Waals surface area contributed by atoms with Gasteiger partial charge in [0.05, 0.1) is 11.5 Å². The summed E-state index contributed by atoms with van der Waals surface area (Å²) in [5.41, 5.74) is 4.36. The van der Waals surface area contributed by atoms with E-state index in [0.717, 1.165) is 35.2 Å². The van der Waals surface area contributed by atoms with Crippen molar-refractivity contribution in [3.63, 3.8) is 0 Å². The maximum atomic E-state index is 13.5. The number of benzene rings is 3. The molecule has 0 unspecified atom stereocenters. The molecule has 3 aromatic carbocycles. The molecule has 0 bridgehead atoms. The van der Waals surface area contributed by atoms with Crippen LogP contribution in [0.1, 0.15) is 43.0 Å². The average Bonchev–Trinajstić information content (AvgIpc) is 2.85. The number of anilines is 1. The summed E-state index contributed by atoms with van der Waals surface area (Å²) < 4.78 is 34.8. The molecule has 0 aromatic heterocycles. The SMILES string of the molecule is CCOc1ccc(S(=O)(=O)N[C@@H](Cc2ccccc2)C(=O)Nc2c(CC)cccc2CC)cc1C. The lowest BCUT2D eigenvalue weighted by Crippen LogP contribution is -2.45. The van der Waals surface area contributed by atoms with Crippen molar-refractivity contribution in [2.45, 2.75) is 57.9 Å². The molecule has 1 amide bonds. The number of aryl methyl sites for hydroxylation is 3. The minimum absolute atomic E-state index is 0.0903. The van der Waals surface area contributed by atoms with Gasteiger partial charge in [-0.25, -0.2) is 8.42 Å². The lowest BCUT2D eigenvalue weighted by Gasteiger charge is -2.21. The molecule has 0 radical (unpaired) electrons. The van der Waals surface area contributed by atoms with Gasteiger partial charge in [-0.2, -0.15) is 4.72 Å². The van der Waals surface area contributed by atoms with Crippen molar-refractivity contribution in [1.82, 2.24) is 4.72 Å². The predicted octanol–water partition coefficient (Wildman–Crippen LogP) is 5.05. The lowest BCUT2D eigenvalue weighted by atomic mass is 10.0. The largest absolute Gasteiger partial charge is 0.494 e. The van der Waals surface area contributed by atoms with Gasteiger partial charge in [-0.15, -0.1) is 0 Å². The number of para-hydroxylation sites is 1. The first-order valence-corrected chi connectivity index (χ1v) is 13.5. The summed E-state index contributed by atoms with van der Waals surface area (Å²) in [6.45, 7) is 8.22. The second kappa shape index (κ2) is 12.0. The van der Waals surface area contributed by atoms with Gasteiger partial charge in [0.15, 0.2) is 0 Å². The molecule has 0 aliphatic rings. The number of hydrogen-bond acceptors (Lipinski definition) is 4. The Morgan fingerprint density at radius 2 is 1.57 bits per heavy atom. The predicted molar refractivity (Wildman–Crippen MR) is 140 cm³/mol. The summed E-state index contributed by atoms with van der Waals surface area (Å²) in [6.07, 6.45) is 1.73. The molecule has 0 aliphatic carbocycles. The Bertz CT molecular complexity index is 1230. The van der Waals surface area contributed by atoms with Crippen LogP contribution in [-0.4, -0.2) is 27.0 Å². The fourth-order valence-corrected chi connectivity index (χ4v) is 5.29. The fourth-order valence-electron chi connectivity index (χ4n) is 4.01. The molecule has 0 saturated heterocycles. The number of ether oxygens (including phenoxy) is 1. The molecule has 0 saturated carbocycles. The van der Waals surface area contributed by atoms with E-state index in [0.29, 0.717) is 17.9 Å². The Morgan fingerprint density at radius 3 is 2.14 bits per heavy atom. The second-order valence-electron chi connectivity index (χ2n) is 8.37. The van der Waals surface area contributed by atoms with E-state index in [1.807, 2.05) is 69.3 Å². The summed E-state index contributed by atoms with van der Waals surface area (Å²) in [5.74, 6) is 0.240. The molecule has 1 atom stereocenters. The van der Waals surface area contributed by atoms with E-state index in [1.165, 1.54) is 6.07 Å². The third kappa shape index (κ3) is 6.71. The van der Waals surface area contributed by atoms with Gasteiger partial charge >= 0.3 is 0 Å². The zero-order chi connectivity index (χ0) is 25.4. The summed E-state index contributed by atoms with van der Waals surface area (Å²) in [7, 11) is -3.97. The molecular formula is C28H34N2O4S. The van der Waals surface area contributed by atoms with E-state index in [9.17, 15) is 13.2 Å². The number of carbonyl (C=O) groups excluding carboxylic acids is 1. The first kappa shape index (κ1) is 26.4. The van der Waals surface area contributed by atoms with Crippen LogP contribution >= 0.6 is 0 Å². The summed E-state index contributed by atoms with van der Waals surface area (Å²) in [5, 5.41) is 3.03. The number of sulfonamides is 1. The average molecular weight is 495 g/mol. The summed E-state index contributed by atoms with van der Waals surface area (Å²) in [4.78, 5) is 13.6. The van der Waals surface area contributed by atoms with Gasteiger partial charge in [-0.3, -0.25) is 4.79 Å². The summed E-state index contributed by atoms with van der Waals surface area (Å²) >= 11 is 0. The molecule has 0 heterocycles. The van der Waals surface area contributed by atoms with Crippen molar-refractivity contribution < 1.29 is 17.9 Å². The molecule has 0 fully saturated rings. The van der Waals surface area contributed by atoms with Crippen molar-refractivity contribution in [3.05, 3.63) is 89.0 Å². The smallest absolute Gasteiger partial charge is 0.242 e. The highest BCUT2D eigenvalue weighted by Gasteiger charge is 2.27. The van der Waals surface area contributed by atoms with Crippen LogP contribution in [0.15, 0.2) is 71.6 Å². The Balaban J connectivity index is 1.93. The van der Waals surface area contributed by atoms with Gasteiger partial charge < -0.3 is 10.1 Å². The van der Waals surface area contributed by atoms with Crippen LogP contribution in [0.4, 0.5) is 5.69 Å². The van der Waals surface area contributed by atoms with Gasteiger partial charge in [0.25, 0.3) is 0 Å². The monoisotopic (exact) mass is 494 g/mol. The normalized spacial score (nSPS) is 12.2. The van der Waals surface area contributed by atoms with Crippen molar-refractivity contribution >= 4 is 21.6 Å². The molecule has 3 aromatic rings. The fraction of sp³-hybridized carbons (Fsp3) is 0.321. The number of amides is 1. The van der Waals surface area contributed by atoms with E-state index in [2.05, 4.69) is 10.0 Å². The zero-order valence-electron chi connectivity index (χ0n) is 20.8. The number of carbonyl (C=O) groups is 1. The maximum absolute atomic E-state index is 13.5. The first-order valence-electron chi connectivity index (χ1n) is 12.0. The summed E-state index contributed by atoms with van der Waals surface area (Å²) in [6, 6.07) is 19.0. The van der Waals surface area contributed by atoms with E-state index in [-0.39, 0.29) is 11.3 Å². The van der Waals surface area contributed by atoms with Gasteiger partial charge in [-0.05, 0) is 73.6 Å². The quantitative estimate of drug-likeness (QED) is 0.391. The van der Waals surface area contributed by atoms with E-state index < -0.39 is 22.0 Å². The highest BCUT2D eigenvalue weighted by atomic mass is 32.2. The molecule has 7 heteroatoms. The topological polar surface area (TPSA) is 84.5 Å². The van der Waals surface area contributed by atoms with Crippen LogP contribution in [0.2, 0.25) is 0 Å². The van der Waals surface area contributed by atoms with Gasteiger partial charge in [-0.1, -0.05) is 62.4 Å². The molecule has 186 valence electrons. The number of rotatable bonds is 11. The molecular weight excluding hydrogens is 460 g/mol. The van der Waals surface area contributed by atoms with E-state index in [4.69, 9.17) is 4.74 Å². The van der Waals surface area contributed by atoms with Gasteiger partial charge in [0.1, 0.15) is 11.8 Å². The Labute approximate surface area is 208 Å². The Morgan fingerprint density at radius 1 is 0.914 bits per heavy atom. The lowest BCUT2D eigenvalue weighted by molar-refractivity contribution is -0.117. The number of hydrogen-bond donors (Lipinski definition) is 2. The third-order valence-electron chi connectivity index (χ3n) is 5.90. The van der Waals surface area contributed by atoms with Crippen molar-refractivity contribution in [3.8, 4) is 5.75 Å². The Kier molecular flexibility index (Phi) is 9.07. The molecule has 2 N–H and O–H groups in total. The Hall–Kier alpha value is -3.16. The van der Waals surface area contributed by atoms with Gasteiger partial charge in [0.2, 0.25) is 15.9 Å². The van der Waals surface area contributed by atoms with Crippen LogP contribution in [0, 0.1) is 6.92 Å². The van der Waals surface area contributed by atoms with E-state index in [1.54, 1.807) is 19.1 Å².